The van der Waals surface area contributed by atoms with Crippen LogP contribution in [-0.4, -0.2) is 71.2 Å². The van der Waals surface area contributed by atoms with Gasteiger partial charge in [0.05, 0.1) is 17.7 Å². The fourth-order valence-corrected chi connectivity index (χ4v) is 3.21. The van der Waals surface area contributed by atoms with Crippen LogP contribution in [0, 0.1) is 0 Å². The molecule has 24 heavy (non-hydrogen) atoms. The minimum Gasteiger partial charge on any atom is -0.369 e. The first-order valence-electron chi connectivity index (χ1n) is 8.71. The first-order chi connectivity index (χ1) is 10.9. The lowest BCUT2D eigenvalue weighted by Gasteiger charge is -2.44. The highest BCUT2D eigenvalue weighted by Gasteiger charge is 2.36. The molecule has 2 amide bonds. The van der Waals surface area contributed by atoms with Crippen LogP contribution in [0.1, 0.15) is 55.4 Å². The van der Waals surface area contributed by atoms with E-state index in [2.05, 4.69) is 0 Å². The molecule has 2 aliphatic heterocycles. The van der Waals surface area contributed by atoms with E-state index in [9.17, 15) is 9.59 Å². The Balaban J connectivity index is 0.000000240. The van der Waals surface area contributed by atoms with E-state index < -0.39 is 0 Å². The quantitative estimate of drug-likeness (QED) is 0.771. The second-order valence-electron chi connectivity index (χ2n) is 8.33. The van der Waals surface area contributed by atoms with Gasteiger partial charge >= 0.3 is 0 Å². The maximum Gasteiger partial charge on any atom is 0.249 e. The predicted octanol–water partition coefficient (Wildman–Crippen LogP) is 2.06. The Bertz CT molecular complexity index is 458. The topological polar surface area (TPSA) is 59.1 Å². The molecule has 0 N–H and O–H groups in total. The average molecular weight is 342 g/mol. The molecular formula is C18H34N2O4. The van der Waals surface area contributed by atoms with Crippen LogP contribution < -0.4 is 0 Å². The van der Waals surface area contributed by atoms with Crippen LogP contribution >= 0.6 is 0 Å². The zero-order chi connectivity index (χ0) is 18.7. The van der Waals surface area contributed by atoms with Gasteiger partial charge in [-0.3, -0.25) is 9.59 Å². The monoisotopic (exact) mass is 342 g/mol. The third-order valence-electron chi connectivity index (χ3n) is 4.20. The van der Waals surface area contributed by atoms with Gasteiger partial charge in [-0.05, 0) is 55.4 Å². The SMILES string of the molecule is CC(C)N1C(=O)COCC1(C)C.CC(C)N1CC(C)(C)OCC1=O. The van der Waals surface area contributed by atoms with Crippen molar-refractivity contribution in [2.75, 3.05) is 26.4 Å². The van der Waals surface area contributed by atoms with Gasteiger partial charge in [0.2, 0.25) is 11.8 Å². The third kappa shape index (κ3) is 5.45. The predicted molar refractivity (Wildman–Crippen MR) is 93.8 cm³/mol. The smallest absolute Gasteiger partial charge is 0.249 e. The molecule has 2 rings (SSSR count). The normalized spacial score (nSPS) is 23.4. The van der Waals surface area contributed by atoms with E-state index >= 15 is 0 Å². The Hall–Kier alpha value is -1.14. The highest BCUT2D eigenvalue weighted by Crippen LogP contribution is 2.22. The van der Waals surface area contributed by atoms with Crippen molar-refractivity contribution < 1.29 is 19.1 Å². The number of carbonyl (C=O) groups is 2. The van der Waals surface area contributed by atoms with Crippen molar-refractivity contribution >= 4 is 11.8 Å². The van der Waals surface area contributed by atoms with Crippen LogP contribution in [0.5, 0.6) is 0 Å². The number of amides is 2. The van der Waals surface area contributed by atoms with E-state index in [4.69, 9.17) is 9.47 Å². The van der Waals surface area contributed by atoms with Crippen LogP contribution in [0.2, 0.25) is 0 Å². The number of ether oxygens (including phenoxy) is 2. The fourth-order valence-electron chi connectivity index (χ4n) is 3.21. The van der Waals surface area contributed by atoms with E-state index in [1.807, 2.05) is 65.2 Å². The first-order valence-corrected chi connectivity index (χ1v) is 8.71. The van der Waals surface area contributed by atoms with Crippen molar-refractivity contribution in [3.05, 3.63) is 0 Å². The molecule has 0 aliphatic carbocycles. The van der Waals surface area contributed by atoms with Gasteiger partial charge in [0.15, 0.2) is 0 Å². The summed E-state index contributed by atoms with van der Waals surface area (Å²) in [4.78, 5) is 26.5. The number of nitrogens with zero attached hydrogens (tertiary/aromatic N) is 2. The molecule has 0 spiro atoms. The maximum absolute atomic E-state index is 11.5. The number of carbonyl (C=O) groups excluding carboxylic acids is 2. The van der Waals surface area contributed by atoms with Crippen molar-refractivity contribution in [2.24, 2.45) is 0 Å². The Kier molecular flexibility index (Phi) is 6.82. The van der Waals surface area contributed by atoms with Gasteiger partial charge in [-0.2, -0.15) is 0 Å². The molecule has 0 aromatic rings. The maximum atomic E-state index is 11.5. The zero-order valence-electron chi connectivity index (χ0n) is 16.5. The summed E-state index contributed by atoms with van der Waals surface area (Å²) in [5.41, 5.74) is -0.332. The number of morpholine rings is 2. The minimum absolute atomic E-state index is 0.0984. The van der Waals surface area contributed by atoms with Crippen molar-refractivity contribution in [3.63, 3.8) is 0 Å². The summed E-state index contributed by atoms with van der Waals surface area (Å²) in [5, 5.41) is 0. The molecule has 0 aromatic heterocycles. The molecule has 2 saturated heterocycles. The lowest BCUT2D eigenvalue weighted by atomic mass is 10.0. The Morgan fingerprint density at radius 2 is 1.50 bits per heavy atom. The molecule has 2 heterocycles. The van der Waals surface area contributed by atoms with Gasteiger partial charge in [-0.1, -0.05) is 0 Å². The molecule has 6 heteroatoms. The van der Waals surface area contributed by atoms with Gasteiger partial charge in [-0.25, -0.2) is 0 Å². The summed E-state index contributed by atoms with van der Waals surface area (Å²) in [5.74, 6) is 0.200. The lowest BCUT2D eigenvalue weighted by Crippen LogP contribution is -2.58. The summed E-state index contributed by atoms with van der Waals surface area (Å²) in [6.45, 7) is 18.0. The summed E-state index contributed by atoms with van der Waals surface area (Å²) < 4.78 is 10.6. The van der Waals surface area contributed by atoms with Crippen LogP contribution in [0.3, 0.4) is 0 Å². The Morgan fingerprint density at radius 3 is 1.88 bits per heavy atom. The molecule has 0 radical (unpaired) electrons. The first kappa shape index (κ1) is 20.9. The second-order valence-corrected chi connectivity index (χ2v) is 8.33. The number of hydrogen-bond donors (Lipinski definition) is 0. The van der Waals surface area contributed by atoms with E-state index in [1.54, 1.807) is 0 Å². The standard InChI is InChI=1S/2C9H17NO2/c1-7(2)10-8(11)5-12-6-9(10,3)4;1-7(2)10-6-9(3,4)12-5-8(10)11/h2*7H,5-6H2,1-4H3. The molecule has 0 unspecified atom stereocenters. The summed E-state index contributed by atoms with van der Waals surface area (Å²) in [7, 11) is 0. The summed E-state index contributed by atoms with van der Waals surface area (Å²) in [6.07, 6.45) is 0. The third-order valence-corrected chi connectivity index (χ3v) is 4.20. The Morgan fingerprint density at radius 1 is 0.917 bits per heavy atom. The van der Waals surface area contributed by atoms with Gasteiger partial charge in [0.1, 0.15) is 13.2 Å². The van der Waals surface area contributed by atoms with E-state index in [0.29, 0.717) is 13.2 Å². The molecule has 2 aliphatic rings. The summed E-state index contributed by atoms with van der Waals surface area (Å²) >= 11 is 0. The summed E-state index contributed by atoms with van der Waals surface area (Å²) in [6, 6.07) is 0.539. The zero-order valence-corrected chi connectivity index (χ0v) is 16.5. The molecule has 0 bridgehead atoms. The van der Waals surface area contributed by atoms with Crippen molar-refractivity contribution in [1.29, 1.82) is 0 Å². The van der Waals surface area contributed by atoms with Crippen molar-refractivity contribution in [3.8, 4) is 0 Å². The number of rotatable bonds is 2. The van der Waals surface area contributed by atoms with Crippen LogP contribution in [0.4, 0.5) is 0 Å². The number of hydrogen-bond acceptors (Lipinski definition) is 4. The van der Waals surface area contributed by atoms with Crippen LogP contribution in [-0.2, 0) is 19.1 Å². The molecule has 140 valence electrons. The van der Waals surface area contributed by atoms with Crippen molar-refractivity contribution in [1.82, 2.24) is 9.80 Å². The Labute approximate surface area is 146 Å². The fraction of sp³-hybridized carbons (Fsp3) is 0.889. The van der Waals surface area contributed by atoms with E-state index in [1.165, 1.54) is 0 Å². The molecule has 6 nitrogen and oxygen atoms in total. The van der Waals surface area contributed by atoms with Crippen molar-refractivity contribution in [2.45, 2.75) is 78.6 Å². The molecular weight excluding hydrogens is 308 g/mol. The van der Waals surface area contributed by atoms with Gasteiger partial charge in [0.25, 0.3) is 0 Å². The highest BCUT2D eigenvalue weighted by atomic mass is 16.5. The van der Waals surface area contributed by atoms with Crippen LogP contribution in [0.15, 0.2) is 0 Å². The van der Waals surface area contributed by atoms with Gasteiger partial charge < -0.3 is 19.3 Å². The van der Waals surface area contributed by atoms with Gasteiger partial charge in [-0.15, -0.1) is 0 Å². The molecule has 0 atom stereocenters. The average Bonchev–Trinajstić information content (AvgIpc) is 2.40. The molecule has 0 saturated carbocycles. The highest BCUT2D eigenvalue weighted by molar-refractivity contribution is 5.79. The molecule has 2 fully saturated rings. The second kappa shape index (κ2) is 7.83. The van der Waals surface area contributed by atoms with Gasteiger partial charge in [0, 0.05) is 18.6 Å². The van der Waals surface area contributed by atoms with E-state index in [-0.39, 0.29) is 48.3 Å². The van der Waals surface area contributed by atoms with Crippen LogP contribution in [0.25, 0.3) is 0 Å². The van der Waals surface area contributed by atoms with E-state index in [0.717, 1.165) is 0 Å². The minimum atomic E-state index is -0.182. The lowest BCUT2D eigenvalue weighted by molar-refractivity contribution is -0.161. The largest absolute Gasteiger partial charge is 0.369 e. The molecule has 0 aromatic carbocycles.